The SMILES string of the molecule is C#CCO[C@@H]1[C@H](O)[C@@H](C[C@H](CC[C@H](NC(=O)OC(C)(C)C)C(=O)O)NC(=O)OC(C)(C)C)O[C@H]1n1cnc2c(N)ncnc21.C#CCO[C@H]1[C@@H](O)[C@H](n2cnc3c(N)ncnc32)O[C@@H]1C[C@H](CC[C@H](NC(=O)OC(C)(C)C)C(=O)O)NC(=O)OC(C)(C)C. The second kappa shape index (κ2) is 30.0. The third-order valence-electron chi connectivity index (χ3n) is 12.7. The molecular weight excluding hydrogens is 1160 g/mol. The van der Waals surface area contributed by atoms with Crippen LogP contribution in [0.3, 0.4) is 0 Å². The first-order valence-electron chi connectivity index (χ1n) is 28.0. The van der Waals surface area contributed by atoms with E-state index >= 15 is 0 Å². The van der Waals surface area contributed by atoms with Gasteiger partial charge in [-0.05, 0) is 122 Å². The highest BCUT2D eigenvalue weighted by Gasteiger charge is 2.49. The predicted octanol–water partition coefficient (Wildman–Crippen LogP) is 3.45. The van der Waals surface area contributed by atoms with Gasteiger partial charge in [-0.1, -0.05) is 11.8 Å². The highest BCUT2D eigenvalue weighted by atomic mass is 16.6. The molecule has 88 heavy (non-hydrogen) atoms. The number of nitrogens with zero attached hydrogens (tertiary/aromatic N) is 8. The Morgan fingerprint density at radius 2 is 0.909 bits per heavy atom. The molecule has 0 spiro atoms. The molecule has 32 heteroatoms. The number of aromatic nitrogens is 8. The fourth-order valence-corrected chi connectivity index (χ4v) is 9.22. The molecule has 4 aromatic rings. The third kappa shape index (κ3) is 20.9. The van der Waals surface area contributed by atoms with Gasteiger partial charge < -0.3 is 91.1 Å². The number of carbonyl (C=O) groups is 6. The Labute approximate surface area is 508 Å². The second-order valence-corrected chi connectivity index (χ2v) is 24.6. The number of aliphatic carboxylic acids is 2. The Hall–Kier alpha value is -8.40. The lowest BCUT2D eigenvalue weighted by Gasteiger charge is -2.28. The summed E-state index contributed by atoms with van der Waals surface area (Å²) in [6.07, 6.45) is 4.71. The average molecular weight is 1240 g/mol. The topological polar surface area (TPSA) is 445 Å². The molecule has 484 valence electrons. The quantitative estimate of drug-likeness (QED) is 0.0398. The lowest BCUT2D eigenvalue weighted by atomic mass is 9.97. The molecule has 0 saturated carbocycles. The second-order valence-electron chi connectivity index (χ2n) is 24.6. The van der Waals surface area contributed by atoms with Crippen molar-refractivity contribution >= 4 is 70.3 Å². The van der Waals surface area contributed by atoms with E-state index in [1.54, 1.807) is 87.7 Å². The van der Waals surface area contributed by atoms with E-state index in [4.69, 9.17) is 62.2 Å². The summed E-state index contributed by atoms with van der Waals surface area (Å²) in [6, 6.07) is -4.18. The normalized spacial score (nSPS) is 21.7. The number of carbonyl (C=O) groups excluding carboxylic acids is 4. The van der Waals surface area contributed by atoms with Crippen LogP contribution in [0, 0.1) is 24.7 Å². The van der Waals surface area contributed by atoms with E-state index in [2.05, 4.69) is 63.0 Å². The van der Waals surface area contributed by atoms with Gasteiger partial charge in [0.25, 0.3) is 0 Å². The first kappa shape index (κ1) is 70.4. The van der Waals surface area contributed by atoms with Gasteiger partial charge in [0, 0.05) is 12.1 Å². The lowest BCUT2D eigenvalue weighted by molar-refractivity contribution is -0.140. The van der Waals surface area contributed by atoms with Crippen molar-refractivity contribution in [2.24, 2.45) is 0 Å². The van der Waals surface area contributed by atoms with Gasteiger partial charge in [0.05, 0.1) is 24.9 Å². The molecular formula is C56H82N14O18. The van der Waals surface area contributed by atoms with Gasteiger partial charge in [0.15, 0.2) is 35.4 Å². The van der Waals surface area contributed by atoms with Crippen LogP contribution < -0.4 is 32.7 Å². The molecule has 0 aliphatic carbocycles. The van der Waals surface area contributed by atoms with Crippen molar-refractivity contribution in [3.05, 3.63) is 25.3 Å². The van der Waals surface area contributed by atoms with Crippen LogP contribution in [0.4, 0.5) is 30.8 Å². The van der Waals surface area contributed by atoms with Crippen molar-refractivity contribution in [3.8, 4) is 24.7 Å². The smallest absolute Gasteiger partial charge is 0.408 e. The van der Waals surface area contributed by atoms with E-state index in [1.807, 2.05) is 0 Å². The number of hydrogen-bond donors (Lipinski definition) is 10. The minimum absolute atomic E-state index is 0.00928. The summed E-state index contributed by atoms with van der Waals surface area (Å²) < 4.78 is 48.3. The Balaban J connectivity index is 0.000000321. The van der Waals surface area contributed by atoms with Crippen LogP contribution in [0.1, 0.15) is 134 Å². The minimum atomic E-state index is -1.33. The maximum absolute atomic E-state index is 12.8. The molecule has 0 bridgehead atoms. The zero-order chi connectivity index (χ0) is 65.6. The maximum Gasteiger partial charge on any atom is 0.408 e. The highest BCUT2D eigenvalue weighted by Crippen LogP contribution is 2.38. The number of terminal acetylenes is 2. The largest absolute Gasteiger partial charge is 0.480 e. The van der Waals surface area contributed by atoms with Crippen LogP contribution in [0.15, 0.2) is 25.3 Å². The number of nitrogens with one attached hydrogen (secondary N) is 4. The van der Waals surface area contributed by atoms with E-state index in [9.17, 15) is 49.2 Å². The minimum Gasteiger partial charge on any atom is -0.480 e. The van der Waals surface area contributed by atoms with Gasteiger partial charge in [-0.2, -0.15) is 0 Å². The highest BCUT2D eigenvalue weighted by molar-refractivity contribution is 5.83. The molecule has 12 N–H and O–H groups in total. The van der Waals surface area contributed by atoms with Gasteiger partial charge >= 0.3 is 36.3 Å². The first-order valence-corrected chi connectivity index (χ1v) is 28.0. The molecule has 0 radical (unpaired) electrons. The Morgan fingerprint density at radius 1 is 0.545 bits per heavy atom. The molecule has 2 aliphatic rings. The van der Waals surface area contributed by atoms with E-state index in [0.717, 1.165) is 0 Å². The number of imidazole rings is 2. The van der Waals surface area contributed by atoms with Gasteiger partial charge in [-0.25, -0.2) is 58.7 Å². The van der Waals surface area contributed by atoms with Crippen LogP contribution in [-0.2, 0) is 47.5 Å². The molecule has 32 nitrogen and oxygen atoms in total. The predicted molar refractivity (Wildman–Crippen MR) is 312 cm³/mol. The summed E-state index contributed by atoms with van der Waals surface area (Å²) in [5.74, 6) is 2.46. The van der Waals surface area contributed by atoms with E-state index in [-0.39, 0.29) is 63.4 Å². The number of hydrogen-bond acceptors (Lipinski definition) is 24. The molecule has 0 aromatic carbocycles. The zero-order valence-corrected chi connectivity index (χ0v) is 51.3. The summed E-state index contributed by atoms with van der Waals surface area (Å²) >= 11 is 0. The van der Waals surface area contributed by atoms with Crippen LogP contribution in [0.2, 0.25) is 0 Å². The number of nitrogens with two attached hydrogens (primary N) is 2. The number of aliphatic hydroxyl groups is 2. The summed E-state index contributed by atoms with van der Waals surface area (Å²) in [7, 11) is 0. The molecule has 4 aromatic heterocycles. The number of carboxylic acids is 2. The summed E-state index contributed by atoms with van der Waals surface area (Å²) in [5, 5.41) is 52.3. The van der Waals surface area contributed by atoms with Crippen molar-refractivity contribution in [1.82, 2.24) is 60.3 Å². The lowest BCUT2D eigenvalue weighted by Crippen LogP contribution is -2.46. The van der Waals surface area contributed by atoms with Crippen LogP contribution in [0.5, 0.6) is 0 Å². The summed E-state index contributed by atoms with van der Waals surface area (Å²) in [4.78, 5) is 98.8. The number of anilines is 2. The zero-order valence-electron chi connectivity index (χ0n) is 51.3. The van der Waals surface area contributed by atoms with Gasteiger partial charge in [0.2, 0.25) is 0 Å². The monoisotopic (exact) mass is 1240 g/mol. The van der Waals surface area contributed by atoms with Crippen molar-refractivity contribution < 1.29 is 87.1 Å². The number of alkyl carbamates (subject to hydrolysis) is 4. The summed E-state index contributed by atoms with van der Waals surface area (Å²) in [5.41, 5.74) is 9.84. The van der Waals surface area contributed by atoms with Crippen molar-refractivity contribution in [2.75, 3.05) is 24.7 Å². The van der Waals surface area contributed by atoms with E-state index in [1.165, 1.54) is 29.9 Å². The number of rotatable bonds is 22. The molecule has 2 aliphatic heterocycles. The number of fused-ring (bicyclic) bond motifs is 2. The van der Waals surface area contributed by atoms with Gasteiger partial charge in [0.1, 0.15) is 95.8 Å². The standard InChI is InChI=1S/2C28H41N7O9/c1-8-11-41-20-17(42-23(19(20)36)35-14-32-18-21(29)30-13-31-22(18)35)12-15(33-25(39)43-27(2,3)4)9-10-16(24(37)38)34-26(40)44-28(5,6)7;1-8-11-41-20-19(36)17(42-23(20)35-14-32-18-21(29)30-13-31-22(18)35)12-15(33-25(39)43-27(2,3)4)9-10-16(24(37)38)34-26(40)44-28(5,6)7/h2*1,13-17,19-20,23,36H,9-12H2,2-7H3,(H,33,39)(H,34,40)(H,37,38)(H2,29,30,31)/t2*15-,16-,17+,19+,20+,23+/m00/s1. The van der Waals surface area contributed by atoms with Crippen molar-refractivity contribution in [3.63, 3.8) is 0 Å². The van der Waals surface area contributed by atoms with Crippen LogP contribution >= 0.6 is 0 Å². The fourth-order valence-electron chi connectivity index (χ4n) is 9.22. The molecule has 6 rings (SSSR count). The maximum atomic E-state index is 12.8. The number of nitrogen functional groups attached to an aromatic ring is 2. The van der Waals surface area contributed by atoms with Crippen molar-refractivity contribution in [2.45, 2.75) is 217 Å². The molecule has 2 saturated heterocycles. The average Bonchev–Trinajstić information content (AvgIpc) is 3.43. The number of aliphatic hydroxyl groups excluding tert-OH is 2. The molecule has 12 atom stereocenters. The Kier molecular flexibility index (Phi) is 24.0. The third-order valence-corrected chi connectivity index (χ3v) is 12.7. The van der Waals surface area contributed by atoms with E-state index < -0.39 is 132 Å². The number of amides is 4. The van der Waals surface area contributed by atoms with Crippen LogP contribution in [-0.4, -0.2) is 192 Å². The summed E-state index contributed by atoms with van der Waals surface area (Å²) in [6.45, 7) is 19.8. The van der Waals surface area contributed by atoms with Gasteiger partial charge in [-0.3, -0.25) is 9.13 Å². The van der Waals surface area contributed by atoms with Crippen LogP contribution in [0.25, 0.3) is 22.3 Å². The number of carboxylic acid groups (broad SMARTS) is 2. The molecule has 4 amide bonds. The molecule has 6 heterocycles. The molecule has 0 unspecified atom stereocenters. The first-order chi connectivity index (χ1) is 41.0. The van der Waals surface area contributed by atoms with Crippen molar-refractivity contribution in [1.29, 1.82) is 0 Å². The Bertz CT molecular complexity index is 3140. The Morgan fingerprint density at radius 3 is 1.30 bits per heavy atom. The van der Waals surface area contributed by atoms with E-state index in [0.29, 0.717) is 22.3 Å². The number of ether oxygens (including phenoxy) is 8. The van der Waals surface area contributed by atoms with Gasteiger partial charge in [-0.15, -0.1) is 12.8 Å². The molecule has 2 fully saturated rings. The fraction of sp³-hybridized carbons (Fsp3) is 0.643.